The van der Waals surface area contributed by atoms with Gasteiger partial charge in [-0.1, -0.05) is 30.3 Å². The molecule has 188 valence electrons. The normalized spacial score (nSPS) is 21.5. The summed E-state index contributed by atoms with van der Waals surface area (Å²) >= 11 is 0. The highest BCUT2D eigenvalue weighted by Gasteiger charge is 2.39. The number of hydrogen-bond donors (Lipinski definition) is 1. The number of ether oxygens (including phenoxy) is 3. The molecule has 0 aromatic heterocycles. The topological polar surface area (TPSA) is 71.5 Å². The number of carboxylic acid groups (broad SMARTS) is 1. The molecule has 3 aliphatic heterocycles. The lowest BCUT2D eigenvalue weighted by atomic mass is 9.83. The van der Waals surface area contributed by atoms with Gasteiger partial charge in [0.25, 0.3) is 0 Å². The molecule has 3 heterocycles. The number of para-hydroxylation sites is 1. The Kier molecular flexibility index (Phi) is 8.02. The number of nitrogens with zero attached hydrogens (tertiary/aromatic N) is 2. The first-order valence-corrected chi connectivity index (χ1v) is 12.1. The summed E-state index contributed by atoms with van der Waals surface area (Å²) in [7, 11) is 0. The Hall–Kier alpha value is -2.58. The van der Waals surface area contributed by atoms with Crippen molar-refractivity contribution in [3.8, 4) is 5.75 Å². The van der Waals surface area contributed by atoms with E-state index in [4.69, 9.17) is 19.3 Å². The predicted octanol–water partition coefficient (Wildman–Crippen LogP) is 4.05. The molecule has 7 nitrogen and oxygen atoms in total. The average molecular weight is 501 g/mol. The number of carboxylic acids is 1. The first-order chi connectivity index (χ1) is 16.5. The van der Waals surface area contributed by atoms with Crippen LogP contribution in [-0.4, -0.2) is 73.8 Å². The monoisotopic (exact) mass is 500 g/mol. The molecule has 1 N–H and O–H groups in total. The van der Waals surface area contributed by atoms with E-state index in [0.717, 1.165) is 48.5 Å². The minimum atomic E-state index is -0.782. The zero-order chi connectivity index (χ0) is 23.5. The number of halogens is 1. The molecule has 1 spiro atoms. The van der Waals surface area contributed by atoms with Gasteiger partial charge < -0.3 is 24.2 Å². The maximum absolute atomic E-state index is 11.1. The van der Waals surface area contributed by atoms with Crippen LogP contribution >= 0.6 is 12.4 Å². The fourth-order valence-corrected chi connectivity index (χ4v) is 5.12. The zero-order valence-electron chi connectivity index (χ0n) is 20.0. The van der Waals surface area contributed by atoms with Crippen molar-refractivity contribution in [3.63, 3.8) is 0 Å². The number of benzene rings is 2. The third-order valence-corrected chi connectivity index (χ3v) is 6.89. The van der Waals surface area contributed by atoms with Crippen molar-refractivity contribution in [2.45, 2.75) is 31.7 Å². The highest BCUT2D eigenvalue weighted by Crippen LogP contribution is 2.43. The van der Waals surface area contributed by atoms with Gasteiger partial charge in [-0.3, -0.25) is 9.69 Å². The van der Waals surface area contributed by atoms with Crippen LogP contribution in [0.4, 0.5) is 5.69 Å². The number of aliphatic carboxylic acids is 1. The Morgan fingerprint density at radius 2 is 1.86 bits per heavy atom. The Morgan fingerprint density at radius 1 is 1.11 bits per heavy atom. The molecule has 2 aromatic carbocycles. The Morgan fingerprint density at radius 3 is 2.57 bits per heavy atom. The van der Waals surface area contributed by atoms with E-state index in [0.29, 0.717) is 26.3 Å². The van der Waals surface area contributed by atoms with Gasteiger partial charge in [0.1, 0.15) is 11.4 Å². The Labute approximate surface area is 212 Å². The van der Waals surface area contributed by atoms with Crippen LogP contribution in [0.25, 0.3) is 5.57 Å². The molecule has 0 radical (unpaired) electrons. The summed E-state index contributed by atoms with van der Waals surface area (Å²) in [6, 6.07) is 16.9. The van der Waals surface area contributed by atoms with Crippen LogP contribution in [0.5, 0.6) is 5.75 Å². The van der Waals surface area contributed by atoms with E-state index in [1.54, 1.807) is 0 Å². The van der Waals surface area contributed by atoms with Crippen LogP contribution in [-0.2, 0) is 14.3 Å². The van der Waals surface area contributed by atoms with E-state index < -0.39 is 11.6 Å². The minimum absolute atomic E-state index is 0. The number of likely N-dealkylation sites (tertiary alicyclic amines) is 1. The van der Waals surface area contributed by atoms with Gasteiger partial charge in [0.15, 0.2) is 6.29 Å². The van der Waals surface area contributed by atoms with Gasteiger partial charge in [-0.05, 0) is 42.3 Å². The van der Waals surface area contributed by atoms with E-state index in [9.17, 15) is 4.79 Å². The summed E-state index contributed by atoms with van der Waals surface area (Å²) < 4.78 is 17.9. The number of rotatable bonds is 6. The largest absolute Gasteiger partial charge is 0.482 e. The van der Waals surface area contributed by atoms with Gasteiger partial charge in [0, 0.05) is 50.3 Å². The van der Waals surface area contributed by atoms with Gasteiger partial charge in [0.2, 0.25) is 0 Å². The standard InChI is InChI=1S/C27H32N2O5.ClH/c1-2-32-26-19-29(15-16-33-26)21-9-7-20(8-10-21)23-17-27(34-24-6-4-3-5-22(23)24)11-13-28(14-12-27)18-25(30)31;/h3-10,17,26H,2,11-16,18-19H2,1H3,(H,30,31);1H. The SMILES string of the molecule is CCOC1CN(c2ccc(C3=CC4(CCN(CC(=O)O)CC4)Oc4ccccc43)cc2)CCO1.Cl. The fraction of sp³-hybridized carbons (Fsp3) is 0.444. The lowest BCUT2D eigenvalue weighted by Gasteiger charge is -2.42. The molecule has 5 rings (SSSR count). The third kappa shape index (κ3) is 5.64. The van der Waals surface area contributed by atoms with Gasteiger partial charge in [-0.2, -0.15) is 0 Å². The quantitative estimate of drug-likeness (QED) is 0.641. The second-order valence-electron chi connectivity index (χ2n) is 9.14. The zero-order valence-corrected chi connectivity index (χ0v) is 20.8. The van der Waals surface area contributed by atoms with Crippen LogP contribution in [0.1, 0.15) is 30.9 Å². The summed E-state index contributed by atoms with van der Waals surface area (Å²) in [5.41, 5.74) is 4.17. The summed E-state index contributed by atoms with van der Waals surface area (Å²) in [5, 5.41) is 9.14. The van der Waals surface area contributed by atoms with E-state index in [1.807, 2.05) is 30.0 Å². The van der Waals surface area contributed by atoms with Crippen molar-refractivity contribution in [1.29, 1.82) is 0 Å². The van der Waals surface area contributed by atoms with Crippen LogP contribution in [0, 0.1) is 0 Å². The van der Waals surface area contributed by atoms with Crippen molar-refractivity contribution in [2.75, 3.05) is 50.8 Å². The molecule has 35 heavy (non-hydrogen) atoms. The maximum Gasteiger partial charge on any atom is 0.317 e. The molecule has 3 aliphatic rings. The first kappa shape index (κ1) is 25.5. The minimum Gasteiger partial charge on any atom is -0.482 e. The Balaban J connectivity index is 0.00000289. The second kappa shape index (κ2) is 11.0. The molecular formula is C27H33ClN2O5. The van der Waals surface area contributed by atoms with Gasteiger partial charge >= 0.3 is 5.97 Å². The summed E-state index contributed by atoms with van der Waals surface area (Å²) in [6.07, 6.45) is 3.61. The third-order valence-electron chi connectivity index (χ3n) is 6.89. The maximum atomic E-state index is 11.1. The molecule has 8 heteroatoms. The van der Waals surface area contributed by atoms with E-state index in [2.05, 4.69) is 41.3 Å². The van der Waals surface area contributed by atoms with Crippen LogP contribution in [0.2, 0.25) is 0 Å². The summed E-state index contributed by atoms with van der Waals surface area (Å²) in [6.45, 7) is 6.34. The molecule has 2 fully saturated rings. The highest BCUT2D eigenvalue weighted by molar-refractivity contribution is 5.86. The van der Waals surface area contributed by atoms with Crippen molar-refractivity contribution < 1.29 is 24.1 Å². The van der Waals surface area contributed by atoms with Gasteiger partial charge in [-0.25, -0.2) is 0 Å². The molecule has 1 unspecified atom stereocenters. The summed E-state index contributed by atoms with van der Waals surface area (Å²) in [5.74, 6) is 0.110. The number of carbonyl (C=O) groups is 1. The fourth-order valence-electron chi connectivity index (χ4n) is 5.12. The molecule has 1 atom stereocenters. The molecule has 2 aromatic rings. The lowest BCUT2D eigenvalue weighted by molar-refractivity contribution is -0.143. The lowest BCUT2D eigenvalue weighted by Crippen LogP contribution is -2.49. The Bertz CT molecular complexity index is 1050. The molecule has 0 bridgehead atoms. The molecule has 0 aliphatic carbocycles. The van der Waals surface area contributed by atoms with E-state index in [1.165, 1.54) is 5.57 Å². The number of piperidine rings is 1. The van der Waals surface area contributed by atoms with Gasteiger partial charge in [0.05, 0.1) is 19.7 Å². The first-order valence-electron chi connectivity index (χ1n) is 12.1. The van der Waals surface area contributed by atoms with Crippen molar-refractivity contribution in [1.82, 2.24) is 4.90 Å². The predicted molar refractivity (Wildman–Crippen MR) is 137 cm³/mol. The molecular weight excluding hydrogens is 468 g/mol. The number of hydrogen-bond acceptors (Lipinski definition) is 6. The molecule has 0 amide bonds. The molecule has 0 saturated carbocycles. The van der Waals surface area contributed by atoms with Crippen molar-refractivity contribution in [2.24, 2.45) is 0 Å². The van der Waals surface area contributed by atoms with Crippen LogP contribution < -0.4 is 9.64 Å². The smallest absolute Gasteiger partial charge is 0.317 e. The number of anilines is 1. The van der Waals surface area contributed by atoms with Crippen LogP contribution in [0.3, 0.4) is 0 Å². The van der Waals surface area contributed by atoms with E-state index in [-0.39, 0.29) is 25.2 Å². The van der Waals surface area contributed by atoms with Gasteiger partial charge in [-0.15, -0.1) is 12.4 Å². The van der Waals surface area contributed by atoms with E-state index >= 15 is 0 Å². The summed E-state index contributed by atoms with van der Waals surface area (Å²) in [4.78, 5) is 15.4. The number of morpholine rings is 1. The van der Waals surface area contributed by atoms with Crippen molar-refractivity contribution in [3.05, 3.63) is 65.7 Å². The average Bonchev–Trinajstić information content (AvgIpc) is 2.85. The second-order valence-corrected chi connectivity index (χ2v) is 9.14. The number of fused-ring (bicyclic) bond motifs is 1. The highest BCUT2D eigenvalue weighted by atomic mass is 35.5. The molecule has 2 saturated heterocycles. The van der Waals surface area contributed by atoms with Crippen LogP contribution in [0.15, 0.2) is 54.6 Å². The van der Waals surface area contributed by atoms with Crippen molar-refractivity contribution >= 4 is 29.6 Å².